The summed E-state index contributed by atoms with van der Waals surface area (Å²) in [5.41, 5.74) is 0.678. The zero-order chi connectivity index (χ0) is 8.81. The van der Waals surface area contributed by atoms with Gasteiger partial charge in [0, 0.05) is 4.90 Å². The highest BCUT2D eigenvalue weighted by molar-refractivity contribution is 7.99. The topological polar surface area (TPSA) is 23.8 Å². The van der Waals surface area contributed by atoms with Gasteiger partial charge in [-0.25, -0.2) is 0 Å². The molecule has 0 saturated carbocycles. The number of terminal acetylenes is 1. The summed E-state index contributed by atoms with van der Waals surface area (Å²) >= 11 is 1.56. The number of thioether (sulfide) groups is 1. The first-order valence-electron chi connectivity index (χ1n) is 3.43. The molecular weight excluding hydrogens is 166 g/mol. The molecule has 0 saturated heterocycles. The van der Waals surface area contributed by atoms with Gasteiger partial charge in [-0.15, -0.1) is 18.2 Å². The average Bonchev–Trinajstić information content (AvgIpc) is 2.15. The molecule has 0 aromatic heterocycles. The van der Waals surface area contributed by atoms with Crippen LogP contribution in [0.2, 0.25) is 0 Å². The lowest BCUT2D eigenvalue weighted by molar-refractivity contribution is 1.40. The lowest BCUT2D eigenvalue weighted by atomic mass is 10.2. The quantitative estimate of drug-likeness (QED) is 0.506. The van der Waals surface area contributed by atoms with E-state index in [1.807, 2.05) is 18.2 Å². The molecule has 12 heavy (non-hydrogen) atoms. The van der Waals surface area contributed by atoms with E-state index >= 15 is 0 Å². The van der Waals surface area contributed by atoms with Gasteiger partial charge in [-0.2, -0.15) is 5.26 Å². The molecule has 0 aliphatic rings. The van der Waals surface area contributed by atoms with Crippen molar-refractivity contribution in [3.8, 4) is 18.4 Å². The molecule has 58 valence electrons. The molecule has 0 aliphatic carbocycles. The van der Waals surface area contributed by atoms with Crippen LogP contribution in [-0.2, 0) is 0 Å². The number of nitrogens with zero attached hydrogens (tertiary/aromatic N) is 1. The molecule has 1 nitrogen and oxygen atoms in total. The van der Waals surface area contributed by atoms with E-state index in [1.54, 1.807) is 17.8 Å². The van der Waals surface area contributed by atoms with E-state index in [2.05, 4.69) is 12.0 Å². The van der Waals surface area contributed by atoms with Crippen molar-refractivity contribution in [2.24, 2.45) is 0 Å². The first-order valence-corrected chi connectivity index (χ1v) is 4.42. The van der Waals surface area contributed by atoms with Crippen LogP contribution in [0, 0.1) is 23.7 Å². The third-order valence-electron chi connectivity index (χ3n) is 1.29. The molecule has 2 heteroatoms. The second kappa shape index (κ2) is 4.49. The van der Waals surface area contributed by atoms with E-state index < -0.39 is 0 Å². The van der Waals surface area contributed by atoms with E-state index in [-0.39, 0.29) is 0 Å². The Kier molecular flexibility index (Phi) is 3.26. The molecule has 0 radical (unpaired) electrons. The molecule has 0 heterocycles. The van der Waals surface area contributed by atoms with Gasteiger partial charge in [0.05, 0.1) is 17.4 Å². The van der Waals surface area contributed by atoms with Crippen LogP contribution in [0.15, 0.2) is 29.2 Å². The van der Waals surface area contributed by atoms with Gasteiger partial charge in [0.25, 0.3) is 0 Å². The van der Waals surface area contributed by atoms with Crippen molar-refractivity contribution in [1.82, 2.24) is 0 Å². The standard InChI is InChI=1S/C10H7NS/c1-2-6-12-10-5-3-4-9(7-10)8-11/h1,3-5,7H,6H2. The Morgan fingerprint density at radius 3 is 3.00 bits per heavy atom. The number of benzene rings is 1. The zero-order valence-electron chi connectivity index (χ0n) is 6.45. The van der Waals surface area contributed by atoms with Gasteiger partial charge >= 0.3 is 0 Å². The molecule has 0 amide bonds. The maximum atomic E-state index is 8.59. The summed E-state index contributed by atoms with van der Waals surface area (Å²) in [5.74, 6) is 3.18. The maximum Gasteiger partial charge on any atom is 0.0992 e. The van der Waals surface area contributed by atoms with Crippen LogP contribution in [0.4, 0.5) is 0 Å². The zero-order valence-corrected chi connectivity index (χ0v) is 7.27. The summed E-state index contributed by atoms with van der Waals surface area (Å²) in [4.78, 5) is 1.05. The monoisotopic (exact) mass is 173 g/mol. The van der Waals surface area contributed by atoms with Gasteiger partial charge in [-0.3, -0.25) is 0 Å². The third-order valence-corrected chi connectivity index (χ3v) is 2.18. The molecule has 0 fully saturated rings. The van der Waals surface area contributed by atoms with Gasteiger partial charge in [0.2, 0.25) is 0 Å². The van der Waals surface area contributed by atoms with Gasteiger partial charge in [-0.05, 0) is 18.2 Å². The smallest absolute Gasteiger partial charge is 0.0992 e. The number of nitriles is 1. The molecule has 1 rings (SSSR count). The van der Waals surface area contributed by atoms with Gasteiger partial charge in [0.1, 0.15) is 0 Å². The van der Waals surface area contributed by atoms with Crippen LogP contribution in [0.25, 0.3) is 0 Å². The third kappa shape index (κ3) is 2.34. The number of hydrogen-bond donors (Lipinski definition) is 0. The van der Waals surface area contributed by atoms with Crippen LogP contribution in [0.3, 0.4) is 0 Å². The van der Waals surface area contributed by atoms with Gasteiger partial charge in [0.15, 0.2) is 0 Å². The normalized spacial score (nSPS) is 8.50. The Hall–Kier alpha value is -1.38. The molecule has 1 aromatic carbocycles. The summed E-state index contributed by atoms with van der Waals surface area (Å²) in [6.45, 7) is 0. The molecule has 0 N–H and O–H groups in total. The van der Waals surface area contributed by atoms with E-state index in [0.29, 0.717) is 11.3 Å². The maximum absolute atomic E-state index is 8.59. The minimum Gasteiger partial charge on any atom is -0.192 e. The lowest BCUT2D eigenvalue weighted by Crippen LogP contribution is -1.76. The first kappa shape index (κ1) is 8.71. The summed E-state index contributed by atoms with van der Waals surface area (Å²) in [6, 6.07) is 9.50. The molecule has 0 atom stereocenters. The van der Waals surface area contributed by atoms with Crippen molar-refractivity contribution >= 4 is 11.8 Å². The SMILES string of the molecule is C#CCSc1cccc(C#N)c1. The van der Waals surface area contributed by atoms with Crippen LogP contribution in [0.5, 0.6) is 0 Å². The molecule has 1 aromatic rings. The first-order chi connectivity index (χ1) is 5.86. The number of hydrogen-bond acceptors (Lipinski definition) is 2. The summed E-state index contributed by atoms with van der Waals surface area (Å²) in [6.07, 6.45) is 5.11. The second-order valence-electron chi connectivity index (χ2n) is 2.13. The van der Waals surface area contributed by atoms with Crippen molar-refractivity contribution in [3.05, 3.63) is 29.8 Å². The molecule has 0 spiro atoms. The summed E-state index contributed by atoms with van der Waals surface area (Å²) in [5, 5.41) is 8.59. The highest BCUT2D eigenvalue weighted by Gasteiger charge is 1.93. The van der Waals surface area contributed by atoms with E-state index in [1.165, 1.54) is 0 Å². The van der Waals surface area contributed by atoms with E-state index in [4.69, 9.17) is 11.7 Å². The summed E-state index contributed by atoms with van der Waals surface area (Å²) < 4.78 is 0. The second-order valence-corrected chi connectivity index (χ2v) is 3.18. The highest BCUT2D eigenvalue weighted by atomic mass is 32.2. The molecular formula is C10H7NS. The van der Waals surface area contributed by atoms with Crippen molar-refractivity contribution in [2.45, 2.75) is 4.90 Å². The number of rotatable bonds is 2. The van der Waals surface area contributed by atoms with Crippen LogP contribution in [0.1, 0.15) is 5.56 Å². The average molecular weight is 173 g/mol. The van der Waals surface area contributed by atoms with Crippen LogP contribution < -0.4 is 0 Å². The molecule has 0 aliphatic heterocycles. The minimum absolute atomic E-state index is 0.648. The van der Waals surface area contributed by atoms with Crippen molar-refractivity contribution < 1.29 is 0 Å². The van der Waals surface area contributed by atoms with Gasteiger partial charge in [-0.1, -0.05) is 12.0 Å². The van der Waals surface area contributed by atoms with E-state index in [0.717, 1.165) is 4.90 Å². The highest BCUT2D eigenvalue weighted by Crippen LogP contribution is 2.17. The Morgan fingerprint density at radius 1 is 1.50 bits per heavy atom. The Labute approximate surface area is 76.4 Å². The summed E-state index contributed by atoms with van der Waals surface area (Å²) in [7, 11) is 0. The Morgan fingerprint density at radius 2 is 2.33 bits per heavy atom. The van der Waals surface area contributed by atoms with Crippen molar-refractivity contribution in [1.29, 1.82) is 5.26 Å². The largest absolute Gasteiger partial charge is 0.192 e. The molecule has 0 bridgehead atoms. The predicted octanol–water partition coefficient (Wildman–Crippen LogP) is 2.28. The Bertz CT molecular complexity index is 344. The fraction of sp³-hybridized carbons (Fsp3) is 0.100. The Balaban J connectivity index is 2.76. The van der Waals surface area contributed by atoms with Crippen LogP contribution in [-0.4, -0.2) is 5.75 Å². The fourth-order valence-corrected chi connectivity index (χ4v) is 1.42. The lowest BCUT2D eigenvalue weighted by Gasteiger charge is -1.96. The van der Waals surface area contributed by atoms with E-state index in [9.17, 15) is 0 Å². The van der Waals surface area contributed by atoms with Gasteiger partial charge < -0.3 is 0 Å². The van der Waals surface area contributed by atoms with Crippen LogP contribution >= 0.6 is 11.8 Å². The minimum atomic E-state index is 0.648. The predicted molar refractivity (Wildman–Crippen MR) is 50.7 cm³/mol. The fourth-order valence-electron chi connectivity index (χ4n) is 0.780. The van der Waals surface area contributed by atoms with Crippen molar-refractivity contribution in [2.75, 3.05) is 5.75 Å². The molecule has 0 unspecified atom stereocenters. The van der Waals surface area contributed by atoms with Crippen molar-refractivity contribution in [3.63, 3.8) is 0 Å².